The summed E-state index contributed by atoms with van der Waals surface area (Å²) in [6.07, 6.45) is 4.56. The first kappa shape index (κ1) is 8.92. The standard InChI is InChI=1S/C7H18N2/c1-3-4-5-6-7(2,8)9/h3-6,8-9H2,1-2H3. The van der Waals surface area contributed by atoms with E-state index in [9.17, 15) is 0 Å². The average Bonchev–Trinajstić information content (AvgIpc) is 1.63. The van der Waals surface area contributed by atoms with E-state index < -0.39 is 5.66 Å². The maximum atomic E-state index is 5.55. The molecule has 0 radical (unpaired) electrons. The van der Waals surface area contributed by atoms with Gasteiger partial charge in [0.2, 0.25) is 0 Å². The van der Waals surface area contributed by atoms with E-state index in [1.807, 2.05) is 6.92 Å². The lowest BCUT2D eigenvalue weighted by molar-refractivity contribution is 0.426. The number of nitrogens with two attached hydrogens (primary N) is 2. The molecule has 0 rings (SSSR count). The largest absolute Gasteiger partial charge is 0.314 e. The second kappa shape index (κ2) is 3.85. The predicted octanol–water partition coefficient (Wildman–Crippen LogP) is 1.20. The van der Waals surface area contributed by atoms with E-state index in [4.69, 9.17) is 11.5 Å². The van der Waals surface area contributed by atoms with Crippen LogP contribution in [0, 0.1) is 0 Å². The highest BCUT2D eigenvalue weighted by Crippen LogP contribution is 2.05. The fourth-order valence-electron chi connectivity index (χ4n) is 0.756. The summed E-state index contributed by atoms with van der Waals surface area (Å²) in [6.45, 7) is 4.03. The highest BCUT2D eigenvalue weighted by atomic mass is 14.9. The Balaban J connectivity index is 3.07. The van der Waals surface area contributed by atoms with Gasteiger partial charge in [-0.2, -0.15) is 0 Å². The number of hydrogen-bond donors (Lipinski definition) is 2. The van der Waals surface area contributed by atoms with Gasteiger partial charge in [-0.05, 0) is 13.3 Å². The number of unbranched alkanes of at least 4 members (excludes halogenated alkanes) is 2. The molecule has 0 aromatic heterocycles. The summed E-state index contributed by atoms with van der Waals surface area (Å²) >= 11 is 0. The molecule has 0 amide bonds. The van der Waals surface area contributed by atoms with Gasteiger partial charge in [0.1, 0.15) is 0 Å². The molecule has 0 saturated heterocycles. The fourth-order valence-corrected chi connectivity index (χ4v) is 0.756. The normalized spacial score (nSPS) is 12.0. The summed E-state index contributed by atoms with van der Waals surface area (Å²) in [5, 5.41) is 0. The molecular weight excluding hydrogens is 112 g/mol. The monoisotopic (exact) mass is 130 g/mol. The molecule has 0 fully saturated rings. The second-order valence-corrected chi connectivity index (χ2v) is 2.96. The van der Waals surface area contributed by atoms with Gasteiger partial charge in [0.25, 0.3) is 0 Å². The molecule has 0 heterocycles. The Labute approximate surface area is 57.6 Å². The van der Waals surface area contributed by atoms with Crippen LogP contribution in [0.2, 0.25) is 0 Å². The van der Waals surface area contributed by atoms with Crippen molar-refractivity contribution in [2.75, 3.05) is 0 Å². The van der Waals surface area contributed by atoms with E-state index in [2.05, 4.69) is 6.92 Å². The van der Waals surface area contributed by atoms with Crippen LogP contribution >= 0.6 is 0 Å². The lowest BCUT2D eigenvalue weighted by Gasteiger charge is -2.17. The molecule has 0 unspecified atom stereocenters. The highest BCUT2D eigenvalue weighted by Gasteiger charge is 2.08. The quantitative estimate of drug-likeness (QED) is 0.444. The van der Waals surface area contributed by atoms with Crippen molar-refractivity contribution in [2.24, 2.45) is 11.5 Å². The van der Waals surface area contributed by atoms with Crippen molar-refractivity contribution >= 4 is 0 Å². The smallest absolute Gasteiger partial charge is 0.0607 e. The molecule has 0 aromatic carbocycles. The molecule has 0 aromatic rings. The Hall–Kier alpha value is -0.0800. The van der Waals surface area contributed by atoms with Gasteiger partial charge in [-0.1, -0.05) is 26.2 Å². The molecule has 0 saturated carbocycles. The van der Waals surface area contributed by atoms with E-state index in [1.165, 1.54) is 12.8 Å². The minimum absolute atomic E-state index is 0.449. The first-order valence-corrected chi connectivity index (χ1v) is 3.64. The zero-order chi connectivity index (χ0) is 7.33. The van der Waals surface area contributed by atoms with Crippen LogP contribution in [0.15, 0.2) is 0 Å². The van der Waals surface area contributed by atoms with Gasteiger partial charge >= 0.3 is 0 Å². The van der Waals surface area contributed by atoms with Crippen molar-refractivity contribution in [1.82, 2.24) is 0 Å². The first-order chi connectivity index (χ1) is 4.06. The van der Waals surface area contributed by atoms with E-state index in [-0.39, 0.29) is 0 Å². The number of hydrogen-bond acceptors (Lipinski definition) is 2. The predicted molar refractivity (Wildman–Crippen MR) is 40.9 cm³/mol. The summed E-state index contributed by atoms with van der Waals surface area (Å²) in [6, 6.07) is 0. The Morgan fingerprint density at radius 3 is 2.11 bits per heavy atom. The van der Waals surface area contributed by atoms with Gasteiger partial charge in [0.15, 0.2) is 0 Å². The zero-order valence-corrected chi connectivity index (χ0v) is 6.48. The van der Waals surface area contributed by atoms with Crippen LogP contribution in [0.1, 0.15) is 39.5 Å². The Kier molecular flexibility index (Phi) is 3.82. The van der Waals surface area contributed by atoms with E-state index in [0.717, 1.165) is 12.8 Å². The molecule has 2 heteroatoms. The Morgan fingerprint density at radius 1 is 1.22 bits per heavy atom. The summed E-state index contributed by atoms with van der Waals surface area (Å²) in [7, 11) is 0. The van der Waals surface area contributed by atoms with Crippen molar-refractivity contribution in [3.05, 3.63) is 0 Å². The van der Waals surface area contributed by atoms with Crippen LogP contribution in [0.4, 0.5) is 0 Å². The average molecular weight is 130 g/mol. The highest BCUT2D eigenvalue weighted by molar-refractivity contribution is 4.68. The van der Waals surface area contributed by atoms with Crippen LogP contribution < -0.4 is 11.5 Å². The van der Waals surface area contributed by atoms with Gasteiger partial charge in [0, 0.05) is 0 Å². The molecule has 0 aliphatic heterocycles. The number of rotatable bonds is 4. The first-order valence-electron chi connectivity index (χ1n) is 3.64. The van der Waals surface area contributed by atoms with Gasteiger partial charge < -0.3 is 11.5 Å². The Morgan fingerprint density at radius 2 is 1.78 bits per heavy atom. The second-order valence-electron chi connectivity index (χ2n) is 2.96. The van der Waals surface area contributed by atoms with Crippen LogP contribution in [0.25, 0.3) is 0 Å². The molecule has 0 spiro atoms. The van der Waals surface area contributed by atoms with Crippen LogP contribution in [0.3, 0.4) is 0 Å². The van der Waals surface area contributed by atoms with Gasteiger partial charge in [-0.3, -0.25) is 0 Å². The Bertz CT molecular complexity index is 63.8. The van der Waals surface area contributed by atoms with Crippen molar-refractivity contribution in [3.63, 3.8) is 0 Å². The maximum Gasteiger partial charge on any atom is 0.0607 e. The molecule has 56 valence electrons. The van der Waals surface area contributed by atoms with Crippen LogP contribution in [-0.2, 0) is 0 Å². The van der Waals surface area contributed by atoms with Gasteiger partial charge in [0.05, 0.1) is 5.66 Å². The summed E-state index contributed by atoms with van der Waals surface area (Å²) in [4.78, 5) is 0. The van der Waals surface area contributed by atoms with Crippen molar-refractivity contribution in [2.45, 2.75) is 45.2 Å². The molecule has 2 nitrogen and oxygen atoms in total. The fraction of sp³-hybridized carbons (Fsp3) is 1.00. The summed E-state index contributed by atoms with van der Waals surface area (Å²) in [5.41, 5.74) is 10.7. The lowest BCUT2D eigenvalue weighted by Crippen LogP contribution is -2.45. The molecular formula is C7H18N2. The topological polar surface area (TPSA) is 52.0 Å². The van der Waals surface area contributed by atoms with Crippen LogP contribution in [0.5, 0.6) is 0 Å². The minimum Gasteiger partial charge on any atom is -0.314 e. The maximum absolute atomic E-state index is 5.55. The van der Waals surface area contributed by atoms with Crippen molar-refractivity contribution < 1.29 is 0 Å². The molecule has 9 heavy (non-hydrogen) atoms. The lowest BCUT2D eigenvalue weighted by atomic mass is 10.1. The van der Waals surface area contributed by atoms with E-state index in [1.54, 1.807) is 0 Å². The third-order valence-corrected chi connectivity index (χ3v) is 1.32. The molecule has 0 atom stereocenters. The van der Waals surface area contributed by atoms with E-state index in [0.29, 0.717) is 0 Å². The molecule has 4 N–H and O–H groups in total. The van der Waals surface area contributed by atoms with Crippen molar-refractivity contribution in [1.29, 1.82) is 0 Å². The summed E-state index contributed by atoms with van der Waals surface area (Å²) in [5.74, 6) is 0. The third-order valence-electron chi connectivity index (χ3n) is 1.32. The molecule has 0 aliphatic carbocycles. The molecule has 0 bridgehead atoms. The van der Waals surface area contributed by atoms with Gasteiger partial charge in [-0.15, -0.1) is 0 Å². The van der Waals surface area contributed by atoms with Crippen molar-refractivity contribution in [3.8, 4) is 0 Å². The molecule has 0 aliphatic rings. The third kappa shape index (κ3) is 7.92. The summed E-state index contributed by atoms with van der Waals surface area (Å²) < 4.78 is 0. The zero-order valence-electron chi connectivity index (χ0n) is 6.48. The minimum atomic E-state index is -0.449. The van der Waals surface area contributed by atoms with Gasteiger partial charge in [-0.25, -0.2) is 0 Å². The van der Waals surface area contributed by atoms with Crippen LogP contribution in [-0.4, -0.2) is 5.66 Å². The SMILES string of the molecule is CCCCCC(C)(N)N. The van der Waals surface area contributed by atoms with E-state index >= 15 is 0 Å².